The lowest BCUT2D eigenvalue weighted by Gasteiger charge is -2.27. The molecule has 1 atom stereocenters. The number of carbonyl (C=O) groups is 1. The summed E-state index contributed by atoms with van der Waals surface area (Å²) in [7, 11) is 0. The van der Waals surface area contributed by atoms with Crippen molar-refractivity contribution in [1.82, 2.24) is 0 Å². The van der Waals surface area contributed by atoms with Gasteiger partial charge in [-0.15, -0.1) is 0 Å². The first-order valence-corrected chi connectivity index (χ1v) is 8.08. The molecule has 1 heterocycles. The van der Waals surface area contributed by atoms with E-state index in [1.165, 1.54) is 11.1 Å². The standard InChI is InChI=1S/C19H14BrNO/c20-14-6-3-5-13(10-14)17-11-18(22)21-19-15-7-2-1-4-12(15)8-9-16(17)19/h1-10,17H,11H2,(H,21,22)/t17-/m0/s1. The normalized spacial score (nSPS) is 17.1. The van der Waals surface area contributed by atoms with Crippen LogP contribution in [-0.4, -0.2) is 5.91 Å². The van der Waals surface area contributed by atoms with Crippen LogP contribution in [0.4, 0.5) is 5.69 Å². The van der Waals surface area contributed by atoms with Crippen LogP contribution >= 0.6 is 15.9 Å². The summed E-state index contributed by atoms with van der Waals surface area (Å²) in [6, 6.07) is 20.7. The van der Waals surface area contributed by atoms with E-state index in [2.05, 4.69) is 57.6 Å². The molecule has 1 N–H and O–H groups in total. The maximum Gasteiger partial charge on any atom is 0.225 e. The molecule has 0 unspecified atom stereocenters. The van der Waals surface area contributed by atoms with E-state index in [4.69, 9.17) is 0 Å². The van der Waals surface area contributed by atoms with E-state index < -0.39 is 0 Å². The van der Waals surface area contributed by atoms with Gasteiger partial charge in [-0.2, -0.15) is 0 Å². The number of halogens is 1. The number of hydrogen-bond donors (Lipinski definition) is 1. The Labute approximate surface area is 137 Å². The third-order valence-corrected chi connectivity index (χ3v) is 4.73. The molecule has 0 radical (unpaired) electrons. The average Bonchev–Trinajstić information content (AvgIpc) is 2.54. The first-order valence-electron chi connectivity index (χ1n) is 7.29. The summed E-state index contributed by atoms with van der Waals surface area (Å²) in [5.74, 6) is 0.180. The Morgan fingerprint density at radius 3 is 2.73 bits per heavy atom. The predicted molar refractivity (Wildman–Crippen MR) is 93.2 cm³/mol. The van der Waals surface area contributed by atoms with Crippen LogP contribution in [0.25, 0.3) is 10.8 Å². The number of benzene rings is 3. The fraction of sp³-hybridized carbons (Fsp3) is 0.105. The molecule has 108 valence electrons. The van der Waals surface area contributed by atoms with Gasteiger partial charge in [0.05, 0.1) is 5.69 Å². The van der Waals surface area contributed by atoms with Gasteiger partial charge in [-0.1, -0.05) is 64.5 Å². The fourth-order valence-electron chi connectivity index (χ4n) is 3.22. The summed E-state index contributed by atoms with van der Waals surface area (Å²) < 4.78 is 1.04. The molecule has 0 saturated carbocycles. The van der Waals surface area contributed by atoms with Crippen molar-refractivity contribution >= 4 is 38.3 Å². The Hall–Kier alpha value is -2.13. The maximum atomic E-state index is 12.2. The van der Waals surface area contributed by atoms with Crippen molar-refractivity contribution in [2.45, 2.75) is 12.3 Å². The van der Waals surface area contributed by atoms with Crippen LogP contribution in [0.1, 0.15) is 23.5 Å². The zero-order valence-corrected chi connectivity index (χ0v) is 13.4. The van der Waals surface area contributed by atoms with Gasteiger partial charge in [0.15, 0.2) is 0 Å². The predicted octanol–water partition coefficient (Wildman–Crippen LogP) is 5.08. The van der Waals surface area contributed by atoms with Crippen LogP contribution in [0.3, 0.4) is 0 Å². The quantitative estimate of drug-likeness (QED) is 0.650. The highest BCUT2D eigenvalue weighted by Crippen LogP contribution is 2.41. The number of hydrogen-bond acceptors (Lipinski definition) is 1. The first kappa shape index (κ1) is 13.5. The molecule has 1 aliphatic rings. The Bertz CT molecular complexity index is 887. The minimum absolute atomic E-state index is 0.0776. The molecule has 2 nitrogen and oxygen atoms in total. The summed E-state index contributed by atoms with van der Waals surface area (Å²) >= 11 is 3.52. The van der Waals surface area contributed by atoms with Crippen molar-refractivity contribution in [3.63, 3.8) is 0 Å². The molecule has 0 aromatic heterocycles. The molecule has 3 aromatic rings. The highest BCUT2D eigenvalue weighted by molar-refractivity contribution is 9.10. The summed E-state index contributed by atoms with van der Waals surface area (Å²) in [6.45, 7) is 0. The van der Waals surface area contributed by atoms with Gasteiger partial charge in [-0.25, -0.2) is 0 Å². The van der Waals surface area contributed by atoms with Gasteiger partial charge >= 0.3 is 0 Å². The van der Waals surface area contributed by atoms with Crippen LogP contribution in [0, 0.1) is 0 Å². The Balaban J connectivity index is 1.94. The number of anilines is 1. The molecule has 0 bridgehead atoms. The summed E-state index contributed by atoms with van der Waals surface area (Å²) in [5.41, 5.74) is 3.32. The zero-order valence-electron chi connectivity index (χ0n) is 11.8. The number of amides is 1. The number of fused-ring (bicyclic) bond motifs is 3. The van der Waals surface area contributed by atoms with Crippen molar-refractivity contribution in [1.29, 1.82) is 0 Å². The van der Waals surface area contributed by atoms with Gasteiger partial charge in [-0.3, -0.25) is 4.79 Å². The highest BCUT2D eigenvalue weighted by atomic mass is 79.9. The SMILES string of the molecule is O=C1C[C@@H](c2cccc(Br)c2)c2ccc3ccccc3c2N1. The van der Waals surface area contributed by atoms with E-state index in [1.807, 2.05) is 24.3 Å². The van der Waals surface area contributed by atoms with E-state index in [0.29, 0.717) is 6.42 Å². The van der Waals surface area contributed by atoms with Crippen LogP contribution in [0.15, 0.2) is 65.1 Å². The summed E-state index contributed by atoms with van der Waals surface area (Å²) in [5, 5.41) is 5.32. The van der Waals surface area contributed by atoms with Gasteiger partial charge in [0.1, 0.15) is 0 Å². The van der Waals surface area contributed by atoms with E-state index in [1.54, 1.807) is 0 Å². The van der Waals surface area contributed by atoms with Crippen LogP contribution < -0.4 is 5.32 Å². The van der Waals surface area contributed by atoms with Crippen LogP contribution in [0.5, 0.6) is 0 Å². The van der Waals surface area contributed by atoms with Crippen molar-refractivity contribution in [3.8, 4) is 0 Å². The van der Waals surface area contributed by atoms with Crippen LogP contribution in [0.2, 0.25) is 0 Å². The van der Waals surface area contributed by atoms with E-state index >= 15 is 0 Å². The number of nitrogens with one attached hydrogen (secondary N) is 1. The lowest BCUT2D eigenvalue weighted by atomic mass is 9.83. The second-order valence-electron chi connectivity index (χ2n) is 5.61. The highest BCUT2D eigenvalue weighted by Gasteiger charge is 2.27. The van der Waals surface area contributed by atoms with E-state index in [-0.39, 0.29) is 11.8 Å². The summed E-state index contributed by atoms with van der Waals surface area (Å²) in [6.07, 6.45) is 0.488. The largest absolute Gasteiger partial charge is 0.325 e. The maximum absolute atomic E-state index is 12.2. The van der Waals surface area contributed by atoms with Gasteiger partial charge in [0, 0.05) is 22.2 Å². The minimum Gasteiger partial charge on any atom is -0.325 e. The van der Waals surface area contributed by atoms with Crippen molar-refractivity contribution < 1.29 is 4.79 Å². The molecule has 3 aromatic carbocycles. The lowest BCUT2D eigenvalue weighted by Crippen LogP contribution is -2.23. The van der Waals surface area contributed by atoms with Crippen LogP contribution in [-0.2, 0) is 4.79 Å². The average molecular weight is 352 g/mol. The lowest BCUT2D eigenvalue weighted by molar-refractivity contribution is -0.116. The van der Waals surface area contributed by atoms with Crippen molar-refractivity contribution in [2.75, 3.05) is 5.32 Å². The Morgan fingerprint density at radius 1 is 1.00 bits per heavy atom. The number of rotatable bonds is 1. The molecule has 0 spiro atoms. The molecular weight excluding hydrogens is 338 g/mol. The fourth-order valence-corrected chi connectivity index (χ4v) is 3.64. The smallest absolute Gasteiger partial charge is 0.225 e. The van der Waals surface area contributed by atoms with Gasteiger partial charge in [0.25, 0.3) is 0 Å². The van der Waals surface area contributed by atoms with Gasteiger partial charge in [0.2, 0.25) is 5.91 Å². The third-order valence-electron chi connectivity index (χ3n) is 4.24. The minimum atomic E-state index is 0.0776. The molecule has 4 rings (SSSR count). The Kier molecular flexibility index (Phi) is 3.23. The van der Waals surface area contributed by atoms with E-state index in [0.717, 1.165) is 20.9 Å². The van der Waals surface area contributed by atoms with E-state index in [9.17, 15) is 4.79 Å². The Morgan fingerprint density at radius 2 is 1.86 bits per heavy atom. The molecule has 1 amide bonds. The zero-order chi connectivity index (χ0) is 15.1. The molecule has 0 fully saturated rings. The van der Waals surface area contributed by atoms with Gasteiger partial charge < -0.3 is 5.32 Å². The topological polar surface area (TPSA) is 29.1 Å². The molecule has 0 aliphatic carbocycles. The molecule has 0 saturated heterocycles. The van der Waals surface area contributed by atoms with Crippen molar-refractivity contribution in [2.24, 2.45) is 0 Å². The molecule has 22 heavy (non-hydrogen) atoms. The van der Waals surface area contributed by atoms with Gasteiger partial charge in [-0.05, 0) is 28.6 Å². The molecular formula is C19H14BrNO. The monoisotopic (exact) mass is 351 g/mol. The second-order valence-corrected chi connectivity index (χ2v) is 6.53. The number of carbonyl (C=O) groups excluding carboxylic acids is 1. The second kappa shape index (κ2) is 5.25. The molecule has 1 aliphatic heterocycles. The first-order chi connectivity index (χ1) is 10.7. The third kappa shape index (κ3) is 2.22. The summed E-state index contributed by atoms with van der Waals surface area (Å²) in [4.78, 5) is 12.2. The molecule has 3 heteroatoms. The van der Waals surface area contributed by atoms with Crippen molar-refractivity contribution in [3.05, 3.63) is 76.3 Å².